The average molecular weight is 373 g/mol. The van der Waals surface area contributed by atoms with Crippen LogP contribution in [0.4, 0.5) is 5.95 Å². The predicted octanol–water partition coefficient (Wildman–Crippen LogP) is 3.27. The van der Waals surface area contributed by atoms with Crippen molar-refractivity contribution < 1.29 is 9.53 Å². The highest BCUT2D eigenvalue weighted by Crippen LogP contribution is 2.39. The second-order valence-corrected chi connectivity index (χ2v) is 6.99. The number of ketones is 1. The van der Waals surface area contributed by atoms with Crippen LogP contribution in [-0.2, 0) is 11.4 Å². The molecule has 0 saturated carbocycles. The van der Waals surface area contributed by atoms with Crippen LogP contribution in [-0.4, -0.2) is 26.0 Å². The van der Waals surface area contributed by atoms with E-state index in [-0.39, 0.29) is 11.8 Å². The van der Waals surface area contributed by atoms with Crippen LogP contribution in [0.5, 0.6) is 5.75 Å². The highest BCUT2D eigenvalue weighted by molar-refractivity contribution is 5.99. The molecule has 1 N–H and O–H groups in total. The smallest absolute Gasteiger partial charge is 0.248 e. The molecule has 0 bridgehead atoms. The van der Waals surface area contributed by atoms with Gasteiger partial charge in [-0.2, -0.15) is 4.68 Å². The zero-order chi connectivity index (χ0) is 18.9. The molecule has 2 aromatic carbocycles. The Morgan fingerprint density at radius 2 is 1.89 bits per heavy atom. The van der Waals surface area contributed by atoms with Gasteiger partial charge in [0.1, 0.15) is 18.4 Å². The van der Waals surface area contributed by atoms with E-state index in [0.717, 1.165) is 41.0 Å². The highest BCUT2D eigenvalue weighted by atomic mass is 16.5. The Hall–Kier alpha value is -3.48. The summed E-state index contributed by atoms with van der Waals surface area (Å²) < 4.78 is 7.56. The molecule has 0 saturated heterocycles. The van der Waals surface area contributed by atoms with Gasteiger partial charge in [-0.1, -0.05) is 47.6 Å². The molecule has 1 aliphatic heterocycles. The van der Waals surface area contributed by atoms with Crippen molar-refractivity contribution in [3.05, 3.63) is 77.0 Å². The summed E-state index contributed by atoms with van der Waals surface area (Å²) in [6.07, 6.45) is 2.25. The molecule has 7 heteroatoms. The lowest BCUT2D eigenvalue weighted by Gasteiger charge is -2.31. The molecule has 7 nitrogen and oxygen atoms in total. The van der Waals surface area contributed by atoms with E-state index in [0.29, 0.717) is 19.0 Å². The number of aromatic nitrogens is 4. The quantitative estimate of drug-likeness (QED) is 0.756. The number of rotatable bonds is 4. The summed E-state index contributed by atoms with van der Waals surface area (Å²) in [5.41, 5.74) is 3.78. The third-order valence-corrected chi connectivity index (χ3v) is 5.17. The fraction of sp³-hybridized carbons (Fsp3) is 0.238. The topological polar surface area (TPSA) is 81.9 Å². The van der Waals surface area contributed by atoms with E-state index in [1.807, 2.05) is 54.6 Å². The summed E-state index contributed by atoms with van der Waals surface area (Å²) in [5.74, 6) is 1.51. The molecule has 140 valence electrons. The number of nitrogens with one attached hydrogen (secondary N) is 1. The molecule has 1 aliphatic carbocycles. The van der Waals surface area contributed by atoms with E-state index in [4.69, 9.17) is 4.74 Å². The Morgan fingerprint density at radius 3 is 2.71 bits per heavy atom. The van der Waals surface area contributed by atoms with Gasteiger partial charge >= 0.3 is 0 Å². The fourth-order valence-corrected chi connectivity index (χ4v) is 3.81. The third kappa shape index (κ3) is 2.94. The van der Waals surface area contributed by atoms with Crippen LogP contribution in [0.3, 0.4) is 0 Å². The Bertz CT molecular complexity index is 1040. The van der Waals surface area contributed by atoms with Crippen molar-refractivity contribution in [1.82, 2.24) is 20.2 Å². The van der Waals surface area contributed by atoms with Gasteiger partial charge in [0.15, 0.2) is 5.78 Å². The number of carbonyl (C=O) groups is 1. The van der Waals surface area contributed by atoms with Gasteiger partial charge < -0.3 is 10.1 Å². The monoisotopic (exact) mass is 373 g/mol. The molecule has 2 heterocycles. The largest absolute Gasteiger partial charge is 0.489 e. The minimum atomic E-state index is -0.308. The maximum absolute atomic E-state index is 12.7. The number of fused-ring (bicyclic) bond motifs is 1. The van der Waals surface area contributed by atoms with Crippen molar-refractivity contribution in [3.8, 4) is 5.75 Å². The third-order valence-electron chi connectivity index (χ3n) is 5.17. The van der Waals surface area contributed by atoms with Gasteiger partial charge in [0.25, 0.3) is 0 Å². The molecule has 1 aromatic heterocycles. The normalized spacial score (nSPS) is 18.3. The molecule has 0 fully saturated rings. The molecule has 0 amide bonds. The second-order valence-electron chi connectivity index (χ2n) is 6.99. The van der Waals surface area contributed by atoms with Crippen LogP contribution in [0, 0.1) is 0 Å². The molecule has 5 rings (SSSR count). The fourth-order valence-electron chi connectivity index (χ4n) is 3.81. The van der Waals surface area contributed by atoms with E-state index in [2.05, 4.69) is 20.8 Å². The number of hydrogen-bond donors (Lipinski definition) is 1. The van der Waals surface area contributed by atoms with Crippen LogP contribution in [0.25, 0.3) is 0 Å². The van der Waals surface area contributed by atoms with Gasteiger partial charge in [-0.25, -0.2) is 0 Å². The van der Waals surface area contributed by atoms with E-state index in [1.54, 1.807) is 4.68 Å². The zero-order valence-corrected chi connectivity index (χ0v) is 15.2. The zero-order valence-electron chi connectivity index (χ0n) is 15.2. The molecule has 2 aliphatic rings. The summed E-state index contributed by atoms with van der Waals surface area (Å²) in [5, 5.41) is 15.2. The number of Topliss-reactive ketones (excluding diaryl/α,β-unsaturated/α-hetero) is 1. The van der Waals surface area contributed by atoms with Crippen LogP contribution < -0.4 is 10.1 Å². The van der Waals surface area contributed by atoms with E-state index in [1.165, 1.54) is 0 Å². The molecule has 3 aromatic rings. The van der Waals surface area contributed by atoms with Crippen molar-refractivity contribution in [2.45, 2.75) is 31.9 Å². The van der Waals surface area contributed by atoms with Gasteiger partial charge in [0.05, 0.1) is 0 Å². The van der Waals surface area contributed by atoms with Gasteiger partial charge in [0, 0.05) is 17.7 Å². The Labute approximate surface area is 162 Å². The minimum Gasteiger partial charge on any atom is -0.489 e. The van der Waals surface area contributed by atoms with Crippen molar-refractivity contribution in [1.29, 1.82) is 0 Å². The van der Waals surface area contributed by atoms with Crippen LogP contribution in [0.2, 0.25) is 0 Å². The van der Waals surface area contributed by atoms with Gasteiger partial charge in [-0.05, 0) is 46.5 Å². The number of tetrazole rings is 1. The van der Waals surface area contributed by atoms with Crippen molar-refractivity contribution >= 4 is 11.7 Å². The van der Waals surface area contributed by atoms with Crippen molar-refractivity contribution in [2.24, 2.45) is 0 Å². The van der Waals surface area contributed by atoms with Crippen molar-refractivity contribution in [3.63, 3.8) is 0 Å². The Kier molecular flexibility index (Phi) is 4.12. The molecule has 0 spiro atoms. The van der Waals surface area contributed by atoms with E-state index >= 15 is 0 Å². The summed E-state index contributed by atoms with van der Waals surface area (Å²) in [7, 11) is 0. The van der Waals surface area contributed by atoms with E-state index in [9.17, 15) is 4.79 Å². The lowest BCUT2D eigenvalue weighted by atomic mass is 9.85. The first-order valence-corrected chi connectivity index (χ1v) is 9.37. The minimum absolute atomic E-state index is 0.157. The molecule has 1 atom stereocenters. The van der Waals surface area contributed by atoms with Crippen molar-refractivity contribution in [2.75, 3.05) is 5.32 Å². The van der Waals surface area contributed by atoms with Crippen LogP contribution >= 0.6 is 0 Å². The lowest BCUT2D eigenvalue weighted by Crippen LogP contribution is -2.31. The average Bonchev–Trinajstić information content (AvgIpc) is 3.20. The van der Waals surface area contributed by atoms with Gasteiger partial charge in [-0.3, -0.25) is 4.79 Å². The number of carbonyl (C=O) groups excluding carboxylic acids is 1. The predicted molar refractivity (Wildman–Crippen MR) is 103 cm³/mol. The maximum Gasteiger partial charge on any atom is 0.248 e. The molecular formula is C21H19N5O2. The highest BCUT2D eigenvalue weighted by Gasteiger charge is 2.36. The summed E-state index contributed by atoms with van der Waals surface area (Å²) in [6, 6.07) is 17.6. The first-order chi connectivity index (χ1) is 13.8. The lowest BCUT2D eigenvalue weighted by molar-refractivity contribution is -0.116. The number of benzene rings is 2. The Balaban J connectivity index is 1.43. The summed E-state index contributed by atoms with van der Waals surface area (Å²) in [6.45, 7) is 0.512. The first-order valence-electron chi connectivity index (χ1n) is 9.37. The van der Waals surface area contributed by atoms with Crippen LogP contribution in [0.1, 0.15) is 36.4 Å². The molecule has 28 heavy (non-hydrogen) atoms. The number of hydrogen-bond acceptors (Lipinski definition) is 6. The maximum atomic E-state index is 12.7. The molecule has 1 unspecified atom stereocenters. The summed E-state index contributed by atoms with van der Waals surface area (Å²) in [4.78, 5) is 12.7. The molecule has 0 radical (unpaired) electrons. The number of nitrogens with zero attached hydrogens (tertiary/aromatic N) is 4. The van der Waals surface area contributed by atoms with Gasteiger partial charge in [0.2, 0.25) is 5.95 Å². The van der Waals surface area contributed by atoms with E-state index < -0.39 is 0 Å². The number of ether oxygens (including phenoxy) is 1. The standard InChI is InChI=1S/C21H19N5O2/c27-18-8-4-7-17-19(18)20(26-21(22-17)23-24-25-26)15-9-11-16(12-10-15)28-13-14-5-2-1-3-6-14/h1-3,5-6,9-12,20H,4,7-8,13H2,(H,22,23,25). The molecular weight excluding hydrogens is 354 g/mol. The number of allylic oxidation sites excluding steroid dienone is 2. The number of anilines is 1. The second kappa shape index (κ2) is 6.92. The van der Waals surface area contributed by atoms with Gasteiger partial charge in [-0.15, -0.1) is 0 Å². The van der Waals surface area contributed by atoms with Crippen LogP contribution in [0.15, 0.2) is 65.9 Å². The Morgan fingerprint density at radius 1 is 1.07 bits per heavy atom. The summed E-state index contributed by atoms with van der Waals surface area (Å²) >= 11 is 0. The SMILES string of the molecule is O=C1CCCC2=C1C(c1ccc(OCc3ccccc3)cc1)n1nnnc1N2. The first kappa shape index (κ1) is 16.7.